The van der Waals surface area contributed by atoms with Crippen molar-refractivity contribution >= 4 is 28.3 Å². The molecule has 5 heteroatoms. The Hall–Kier alpha value is -3.64. The van der Waals surface area contributed by atoms with Gasteiger partial charge in [-0.2, -0.15) is 10.2 Å². The third kappa shape index (κ3) is 4.30. The van der Waals surface area contributed by atoms with Gasteiger partial charge in [0.05, 0.1) is 11.7 Å². The monoisotopic (exact) mass is 477 g/mol. The van der Waals surface area contributed by atoms with E-state index < -0.39 is 16.9 Å². The lowest BCUT2D eigenvalue weighted by atomic mass is 9.77. The van der Waals surface area contributed by atoms with Gasteiger partial charge >= 0.3 is 0 Å². The first kappa shape index (κ1) is 23.1. The molecule has 5 rings (SSSR count). The second-order valence-electron chi connectivity index (χ2n) is 8.58. The zero-order chi connectivity index (χ0) is 24.3. The summed E-state index contributed by atoms with van der Waals surface area (Å²) in [5.74, 6) is 0. The molecular weight excluding hydrogens is 450 g/mol. The van der Waals surface area contributed by atoms with Gasteiger partial charge in [-0.05, 0) is 41.3 Å². The molecule has 2 N–H and O–H groups in total. The molecule has 0 bridgehead atoms. The van der Waals surface area contributed by atoms with Crippen molar-refractivity contribution in [3.63, 3.8) is 0 Å². The van der Waals surface area contributed by atoms with Gasteiger partial charge in [0.2, 0.25) is 0 Å². The Morgan fingerprint density at radius 2 is 1.34 bits per heavy atom. The predicted octanol–water partition coefficient (Wildman–Crippen LogP) is 5.90. The molecule has 1 aromatic heterocycles. The van der Waals surface area contributed by atoms with Crippen molar-refractivity contribution in [2.75, 3.05) is 0 Å². The van der Waals surface area contributed by atoms with Crippen LogP contribution in [0.5, 0.6) is 0 Å². The van der Waals surface area contributed by atoms with Gasteiger partial charge in [0, 0.05) is 16.7 Å². The molecule has 0 saturated heterocycles. The topological polar surface area (TPSA) is 66.9 Å². The van der Waals surface area contributed by atoms with Crippen molar-refractivity contribution in [1.82, 2.24) is 9.78 Å². The molecule has 0 spiro atoms. The van der Waals surface area contributed by atoms with Crippen LogP contribution in [-0.4, -0.2) is 19.6 Å². The van der Waals surface area contributed by atoms with Crippen LogP contribution in [0.15, 0.2) is 121 Å². The number of rotatable bonds is 7. The molecule has 0 saturated carbocycles. The zero-order valence-electron chi connectivity index (χ0n) is 19.5. The number of hydrogen-bond donors (Lipinski definition) is 1. The molecule has 174 valence electrons. The maximum Gasteiger partial charge on any atom is 0.150 e. The van der Waals surface area contributed by atoms with E-state index in [1.165, 1.54) is 0 Å². The minimum Gasteiger partial charge on any atom is -0.598 e. The van der Waals surface area contributed by atoms with Gasteiger partial charge in [-0.15, -0.1) is 0 Å². The summed E-state index contributed by atoms with van der Waals surface area (Å²) in [5.41, 5.74) is 4.69. The van der Waals surface area contributed by atoms with E-state index in [2.05, 4.69) is 89.6 Å². The van der Waals surface area contributed by atoms with Gasteiger partial charge in [-0.3, -0.25) is 0 Å². The number of benzene rings is 4. The zero-order valence-corrected chi connectivity index (χ0v) is 20.3. The molecule has 35 heavy (non-hydrogen) atoms. The molecule has 4 aromatic carbocycles. The number of nitrogens with zero attached hydrogens (tertiary/aromatic N) is 2. The normalized spacial score (nSPS) is 13.8. The molecule has 1 heterocycles. The fourth-order valence-electron chi connectivity index (χ4n) is 4.64. The fraction of sp³-hybridized carbons (Fsp3) is 0.100. The smallest absolute Gasteiger partial charge is 0.150 e. The van der Waals surface area contributed by atoms with Crippen LogP contribution in [0, 0.1) is 0 Å². The third-order valence-corrected chi connectivity index (χ3v) is 7.30. The Balaban J connectivity index is 1.81. The van der Waals surface area contributed by atoms with Gasteiger partial charge in [0.15, 0.2) is 5.25 Å². The van der Waals surface area contributed by atoms with Crippen molar-refractivity contribution in [3.05, 3.63) is 144 Å². The van der Waals surface area contributed by atoms with Crippen LogP contribution in [0.2, 0.25) is 0 Å². The van der Waals surface area contributed by atoms with Crippen LogP contribution in [0.25, 0.3) is 17.0 Å². The first-order valence-corrected chi connectivity index (χ1v) is 12.9. The molecule has 0 fully saturated rings. The van der Waals surface area contributed by atoms with Gasteiger partial charge in [-0.25, -0.2) is 4.68 Å². The molecule has 0 aliphatic carbocycles. The molecular formula is C30H27N3OS. The summed E-state index contributed by atoms with van der Waals surface area (Å²) in [4.78, 5) is 0. The molecule has 4 nitrogen and oxygen atoms in total. The molecule has 0 aliphatic rings. The van der Waals surface area contributed by atoms with Crippen molar-refractivity contribution in [1.29, 1.82) is 0 Å². The first-order valence-electron chi connectivity index (χ1n) is 11.6. The van der Waals surface area contributed by atoms with Crippen molar-refractivity contribution in [2.45, 2.75) is 17.7 Å². The Bertz CT molecular complexity index is 1330. The van der Waals surface area contributed by atoms with Gasteiger partial charge in [0.1, 0.15) is 5.54 Å². The Kier molecular flexibility index (Phi) is 6.55. The highest BCUT2D eigenvalue weighted by atomic mass is 32.2. The average Bonchev–Trinajstić information content (AvgIpc) is 3.33. The summed E-state index contributed by atoms with van der Waals surface area (Å²) in [5, 5.41) is 11.4. The lowest BCUT2D eigenvalue weighted by Gasteiger charge is -2.37. The quantitative estimate of drug-likeness (QED) is 0.234. The Morgan fingerprint density at radius 1 is 0.829 bits per heavy atom. The summed E-state index contributed by atoms with van der Waals surface area (Å²) in [6.07, 6.45) is 5.78. The molecule has 0 aliphatic heterocycles. The second-order valence-corrected chi connectivity index (χ2v) is 9.98. The first-order chi connectivity index (χ1) is 17.1. The maximum absolute atomic E-state index is 11.6. The largest absolute Gasteiger partial charge is 0.598 e. The fourth-order valence-corrected chi connectivity index (χ4v) is 4.87. The van der Waals surface area contributed by atoms with Crippen LogP contribution in [0.1, 0.15) is 29.2 Å². The SMILES string of the molecule is CC(C=Cc1ccc2cnn(C(c3ccccc3)(c3ccccc3)c3ccccc3)c2c1)[S+](N)[O-]. The highest BCUT2D eigenvalue weighted by Crippen LogP contribution is 2.42. The lowest BCUT2D eigenvalue weighted by Crippen LogP contribution is -2.38. The summed E-state index contributed by atoms with van der Waals surface area (Å²) >= 11 is -1.40. The predicted molar refractivity (Wildman–Crippen MR) is 145 cm³/mol. The standard InChI is InChI=1S/C30H27N3OS/c1-23(35(31)34)17-18-24-19-20-25-22-32-33(29(25)21-24)30(26-11-5-2-6-12-26,27-13-7-3-8-14-27)28-15-9-4-10-16-28/h2-23H,31H2,1H3. The van der Waals surface area contributed by atoms with Gasteiger partial charge in [0.25, 0.3) is 0 Å². The third-order valence-electron chi connectivity index (χ3n) is 6.41. The maximum atomic E-state index is 11.6. The summed E-state index contributed by atoms with van der Waals surface area (Å²) in [7, 11) is 0. The highest BCUT2D eigenvalue weighted by molar-refractivity contribution is 7.89. The Morgan fingerprint density at radius 3 is 1.83 bits per heavy atom. The Labute approximate surface area is 209 Å². The van der Waals surface area contributed by atoms with E-state index in [0.29, 0.717) is 0 Å². The van der Waals surface area contributed by atoms with Crippen molar-refractivity contribution < 1.29 is 4.55 Å². The molecule has 2 unspecified atom stereocenters. The lowest BCUT2D eigenvalue weighted by molar-refractivity contribution is 0.476. The second kappa shape index (κ2) is 9.92. The van der Waals surface area contributed by atoms with E-state index in [1.54, 1.807) is 0 Å². The summed E-state index contributed by atoms with van der Waals surface area (Å²) < 4.78 is 13.7. The number of hydrogen-bond acceptors (Lipinski definition) is 3. The number of fused-ring (bicyclic) bond motifs is 1. The van der Waals surface area contributed by atoms with Crippen molar-refractivity contribution in [3.8, 4) is 0 Å². The minimum atomic E-state index is -1.40. The van der Waals surface area contributed by atoms with Crippen LogP contribution in [0.3, 0.4) is 0 Å². The highest BCUT2D eigenvalue weighted by Gasteiger charge is 2.40. The van der Waals surface area contributed by atoms with E-state index in [0.717, 1.165) is 33.2 Å². The summed E-state index contributed by atoms with van der Waals surface area (Å²) in [6.45, 7) is 1.85. The molecule has 2 atom stereocenters. The van der Waals surface area contributed by atoms with Gasteiger partial charge < -0.3 is 4.55 Å². The molecule has 0 amide bonds. The van der Waals surface area contributed by atoms with Crippen LogP contribution < -0.4 is 5.14 Å². The van der Waals surface area contributed by atoms with Gasteiger partial charge in [-0.1, -0.05) is 109 Å². The van der Waals surface area contributed by atoms with E-state index >= 15 is 0 Å². The van der Waals surface area contributed by atoms with Crippen LogP contribution >= 0.6 is 0 Å². The molecule has 5 aromatic rings. The van der Waals surface area contributed by atoms with Crippen LogP contribution in [-0.2, 0) is 16.9 Å². The average molecular weight is 478 g/mol. The molecule has 0 radical (unpaired) electrons. The summed E-state index contributed by atoms with van der Waals surface area (Å²) in [6, 6.07) is 37.8. The van der Waals surface area contributed by atoms with E-state index in [9.17, 15) is 4.55 Å². The number of nitrogens with two attached hydrogens (primary N) is 1. The van der Waals surface area contributed by atoms with E-state index in [4.69, 9.17) is 10.2 Å². The van der Waals surface area contributed by atoms with Crippen molar-refractivity contribution in [2.24, 2.45) is 5.14 Å². The minimum absolute atomic E-state index is 0.229. The van der Waals surface area contributed by atoms with Crippen LogP contribution in [0.4, 0.5) is 0 Å². The van der Waals surface area contributed by atoms with E-state index in [1.807, 2.05) is 49.5 Å². The number of aromatic nitrogens is 2. The van der Waals surface area contributed by atoms with E-state index in [-0.39, 0.29) is 5.25 Å².